The minimum Gasteiger partial charge on any atom is -0.390 e. The fourth-order valence-corrected chi connectivity index (χ4v) is 3.00. The van der Waals surface area contributed by atoms with Gasteiger partial charge in [0.15, 0.2) is 0 Å². The topological polar surface area (TPSA) is 82.2 Å². The van der Waals surface area contributed by atoms with Gasteiger partial charge in [-0.3, -0.25) is 0 Å². The van der Waals surface area contributed by atoms with Crippen molar-refractivity contribution in [3.63, 3.8) is 0 Å². The number of rotatable bonds is 6. The van der Waals surface area contributed by atoms with Gasteiger partial charge in [-0.2, -0.15) is 0 Å². The van der Waals surface area contributed by atoms with Crippen LogP contribution in [0.1, 0.15) is 31.9 Å². The second-order valence-electron chi connectivity index (χ2n) is 4.70. The van der Waals surface area contributed by atoms with E-state index in [1.54, 1.807) is 0 Å². The molecule has 6 heteroatoms. The van der Waals surface area contributed by atoms with Crippen LogP contribution in [-0.4, -0.2) is 25.1 Å². The number of nitrogens with one attached hydrogen (secondary N) is 2. The molecule has 1 aromatic rings. The summed E-state index contributed by atoms with van der Waals surface area (Å²) >= 11 is 0. The van der Waals surface area contributed by atoms with Crippen molar-refractivity contribution in [3.8, 4) is 0 Å². The number of aliphatic hydroxyl groups is 1. The van der Waals surface area contributed by atoms with Crippen LogP contribution >= 0.6 is 0 Å². The summed E-state index contributed by atoms with van der Waals surface area (Å²) in [5, 5.41) is 8.88. The predicted molar refractivity (Wildman–Crippen MR) is 63.9 cm³/mol. The van der Waals surface area contributed by atoms with Crippen LogP contribution in [0.4, 0.5) is 0 Å². The summed E-state index contributed by atoms with van der Waals surface area (Å²) in [5.74, 6) is 0. The zero-order valence-corrected chi connectivity index (χ0v) is 10.7. The maximum absolute atomic E-state index is 11.9. The number of sulfonamides is 1. The smallest absolute Gasteiger partial charge is 0.242 e. The van der Waals surface area contributed by atoms with Gasteiger partial charge in [0.1, 0.15) is 0 Å². The Kier molecular flexibility index (Phi) is 3.29. The maximum atomic E-state index is 11.9. The fourth-order valence-electron chi connectivity index (χ4n) is 1.83. The van der Waals surface area contributed by atoms with E-state index in [4.69, 9.17) is 5.11 Å². The van der Waals surface area contributed by atoms with E-state index in [2.05, 4.69) is 16.6 Å². The van der Waals surface area contributed by atoms with E-state index in [9.17, 15) is 8.42 Å². The Hall–Kier alpha value is -0.850. The van der Waals surface area contributed by atoms with Crippen LogP contribution in [0, 0.1) is 5.41 Å². The molecule has 3 N–H and O–H groups in total. The number of hydrogen-bond donors (Lipinski definition) is 3. The Balaban J connectivity index is 2.03. The summed E-state index contributed by atoms with van der Waals surface area (Å²) in [4.78, 5) is 2.91. The average molecular weight is 258 g/mol. The highest BCUT2D eigenvalue weighted by molar-refractivity contribution is 7.89. The van der Waals surface area contributed by atoms with Crippen LogP contribution in [-0.2, 0) is 16.6 Å². The highest BCUT2D eigenvalue weighted by Gasteiger charge is 2.41. The molecular formula is C11H18N2O3S. The van der Waals surface area contributed by atoms with Gasteiger partial charge in [-0.25, -0.2) is 13.1 Å². The first-order chi connectivity index (χ1) is 8.01. The number of H-pyrrole nitrogens is 1. The van der Waals surface area contributed by atoms with E-state index < -0.39 is 10.0 Å². The molecule has 0 bridgehead atoms. The molecule has 0 atom stereocenters. The minimum absolute atomic E-state index is 0.184. The van der Waals surface area contributed by atoms with Gasteiger partial charge in [-0.15, -0.1) is 0 Å². The lowest BCUT2D eigenvalue weighted by atomic mass is 10.1. The Labute approximate surface area is 101 Å². The maximum Gasteiger partial charge on any atom is 0.242 e. The molecule has 17 heavy (non-hydrogen) atoms. The van der Waals surface area contributed by atoms with Gasteiger partial charge < -0.3 is 10.1 Å². The molecule has 0 amide bonds. The van der Waals surface area contributed by atoms with Gasteiger partial charge in [0.05, 0.1) is 11.5 Å². The number of hydrogen-bond acceptors (Lipinski definition) is 3. The summed E-state index contributed by atoms with van der Waals surface area (Å²) in [6.45, 7) is 2.40. The second-order valence-corrected chi connectivity index (χ2v) is 6.46. The molecule has 0 spiro atoms. The van der Waals surface area contributed by atoms with Crippen molar-refractivity contribution in [2.45, 2.75) is 37.7 Å². The Morgan fingerprint density at radius 2 is 2.24 bits per heavy atom. The molecule has 1 fully saturated rings. The van der Waals surface area contributed by atoms with E-state index in [-0.39, 0.29) is 16.9 Å². The molecule has 0 radical (unpaired) electrons. The van der Waals surface area contributed by atoms with Crippen molar-refractivity contribution in [3.05, 3.63) is 18.0 Å². The Morgan fingerprint density at radius 1 is 1.53 bits per heavy atom. The van der Waals surface area contributed by atoms with Crippen LogP contribution in [0.15, 0.2) is 17.2 Å². The second kappa shape index (κ2) is 4.44. The summed E-state index contributed by atoms with van der Waals surface area (Å²) < 4.78 is 26.5. The number of aliphatic hydroxyl groups excluding tert-OH is 1. The minimum atomic E-state index is -3.45. The molecular weight excluding hydrogens is 240 g/mol. The molecule has 0 aromatic carbocycles. The third-order valence-electron chi connectivity index (χ3n) is 3.54. The van der Waals surface area contributed by atoms with E-state index in [0.717, 1.165) is 19.3 Å². The lowest BCUT2D eigenvalue weighted by Crippen LogP contribution is -2.29. The van der Waals surface area contributed by atoms with Crippen molar-refractivity contribution in [2.75, 3.05) is 6.54 Å². The van der Waals surface area contributed by atoms with E-state index in [1.807, 2.05) is 0 Å². The van der Waals surface area contributed by atoms with Crippen molar-refractivity contribution >= 4 is 10.0 Å². The number of aromatic amines is 1. The van der Waals surface area contributed by atoms with Gasteiger partial charge in [-0.1, -0.05) is 6.92 Å². The lowest BCUT2D eigenvalue weighted by Gasteiger charge is -2.12. The number of aromatic nitrogens is 1. The zero-order chi connectivity index (χ0) is 12.5. The largest absolute Gasteiger partial charge is 0.390 e. The SMILES string of the molecule is CCC1(CNS(=O)(=O)c2c[nH]c(CO)c2)CC1. The fraction of sp³-hybridized carbons (Fsp3) is 0.636. The Morgan fingerprint density at radius 3 is 2.71 bits per heavy atom. The Bertz CT molecular complexity index is 489. The third-order valence-corrected chi connectivity index (χ3v) is 4.92. The first-order valence-corrected chi connectivity index (χ1v) is 7.27. The highest BCUT2D eigenvalue weighted by atomic mass is 32.2. The highest BCUT2D eigenvalue weighted by Crippen LogP contribution is 2.48. The molecule has 2 rings (SSSR count). The summed E-state index contributed by atoms with van der Waals surface area (Å²) in [6.07, 6.45) is 4.60. The standard InChI is InChI=1S/C11H18N2O3S/c1-2-11(3-4-11)8-13-17(15,16)10-5-9(7-14)12-6-10/h5-6,12-14H,2-4,7-8H2,1H3. The third kappa shape index (κ3) is 2.70. The molecule has 1 heterocycles. The molecule has 0 unspecified atom stereocenters. The van der Waals surface area contributed by atoms with Crippen molar-refractivity contribution in [1.82, 2.24) is 9.71 Å². The van der Waals surface area contributed by atoms with Crippen molar-refractivity contribution < 1.29 is 13.5 Å². The lowest BCUT2D eigenvalue weighted by molar-refractivity contribution is 0.277. The van der Waals surface area contributed by atoms with Gasteiger partial charge in [-0.05, 0) is 30.7 Å². The van der Waals surface area contributed by atoms with Crippen LogP contribution < -0.4 is 4.72 Å². The van der Waals surface area contributed by atoms with Gasteiger partial charge in [0, 0.05) is 18.4 Å². The van der Waals surface area contributed by atoms with E-state index in [0.29, 0.717) is 12.2 Å². The molecule has 1 aliphatic rings. The zero-order valence-electron chi connectivity index (χ0n) is 9.86. The van der Waals surface area contributed by atoms with Crippen molar-refractivity contribution in [1.29, 1.82) is 0 Å². The molecule has 1 saturated carbocycles. The normalized spacial score (nSPS) is 18.2. The first-order valence-electron chi connectivity index (χ1n) is 5.79. The molecule has 5 nitrogen and oxygen atoms in total. The van der Waals surface area contributed by atoms with Crippen LogP contribution in [0.3, 0.4) is 0 Å². The predicted octanol–water partition coefficient (Wildman–Crippen LogP) is 0.976. The molecule has 1 aliphatic carbocycles. The molecule has 1 aromatic heterocycles. The van der Waals surface area contributed by atoms with E-state index in [1.165, 1.54) is 12.3 Å². The summed E-state index contributed by atoms with van der Waals surface area (Å²) in [6, 6.07) is 1.45. The van der Waals surface area contributed by atoms with Gasteiger partial charge >= 0.3 is 0 Å². The monoisotopic (exact) mass is 258 g/mol. The first kappa shape index (κ1) is 12.6. The van der Waals surface area contributed by atoms with E-state index >= 15 is 0 Å². The van der Waals surface area contributed by atoms with Crippen LogP contribution in [0.2, 0.25) is 0 Å². The summed E-state index contributed by atoms with van der Waals surface area (Å²) in [5.41, 5.74) is 0.686. The quantitative estimate of drug-likeness (QED) is 0.711. The van der Waals surface area contributed by atoms with Crippen molar-refractivity contribution in [2.24, 2.45) is 5.41 Å². The average Bonchev–Trinajstić information content (AvgIpc) is 2.94. The van der Waals surface area contributed by atoms with Gasteiger partial charge in [0.25, 0.3) is 0 Å². The van der Waals surface area contributed by atoms with Crippen LogP contribution in [0.5, 0.6) is 0 Å². The molecule has 96 valence electrons. The molecule has 0 saturated heterocycles. The van der Waals surface area contributed by atoms with Crippen LogP contribution in [0.25, 0.3) is 0 Å². The summed E-state index contributed by atoms with van der Waals surface area (Å²) in [7, 11) is -3.45. The van der Waals surface area contributed by atoms with Gasteiger partial charge in [0.2, 0.25) is 10.0 Å². The molecule has 0 aliphatic heterocycles.